The van der Waals surface area contributed by atoms with Gasteiger partial charge in [-0.25, -0.2) is 0 Å². The molecule has 0 aliphatic carbocycles. The van der Waals surface area contributed by atoms with E-state index in [0.29, 0.717) is 12.6 Å². The topological polar surface area (TPSA) is 29.3 Å². The molecule has 0 spiro atoms. The van der Waals surface area contributed by atoms with Crippen LogP contribution in [0, 0.1) is 18.8 Å². The van der Waals surface area contributed by atoms with Gasteiger partial charge in [-0.05, 0) is 48.9 Å². The predicted molar refractivity (Wildman–Crippen MR) is 82.5 cm³/mol. The third-order valence-corrected chi connectivity index (χ3v) is 5.02. The minimum absolute atomic E-state index is 0.299. The normalized spacial score (nSPS) is 26.4. The zero-order valence-corrected chi connectivity index (χ0v) is 13.0. The largest absolute Gasteiger partial charge is 0.329 e. The molecule has 2 rings (SSSR count). The molecule has 3 unspecified atom stereocenters. The summed E-state index contributed by atoms with van der Waals surface area (Å²) in [6, 6.07) is 6.64. The number of hydrogen-bond donors (Lipinski definition) is 1. The van der Waals surface area contributed by atoms with Gasteiger partial charge in [0.25, 0.3) is 0 Å². The molecular formula is C16H25ClN2. The molecule has 1 aliphatic rings. The maximum Gasteiger partial charge on any atom is 0.0471 e. The van der Waals surface area contributed by atoms with Gasteiger partial charge in [0.15, 0.2) is 0 Å². The molecule has 3 heteroatoms. The lowest BCUT2D eigenvalue weighted by molar-refractivity contribution is 0.0983. The van der Waals surface area contributed by atoms with E-state index in [-0.39, 0.29) is 0 Å². The monoisotopic (exact) mass is 280 g/mol. The summed E-state index contributed by atoms with van der Waals surface area (Å²) < 4.78 is 0. The maximum absolute atomic E-state index is 6.25. The second kappa shape index (κ2) is 6.25. The first-order chi connectivity index (χ1) is 9.02. The van der Waals surface area contributed by atoms with Crippen molar-refractivity contribution in [1.82, 2.24) is 4.90 Å². The maximum atomic E-state index is 6.25. The Morgan fingerprint density at radius 2 is 2.11 bits per heavy atom. The summed E-state index contributed by atoms with van der Waals surface area (Å²) in [5.41, 5.74) is 8.40. The van der Waals surface area contributed by atoms with Crippen LogP contribution in [0.2, 0.25) is 5.02 Å². The predicted octanol–water partition coefficient (Wildman–Crippen LogP) is 3.63. The van der Waals surface area contributed by atoms with Crippen molar-refractivity contribution in [2.24, 2.45) is 17.6 Å². The molecule has 1 aliphatic heterocycles. The Kier molecular flexibility index (Phi) is 4.88. The molecule has 1 fully saturated rings. The third kappa shape index (κ3) is 3.31. The molecule has 1 aromatic rings. The van der Waals surface area contributed by atoms with Crippen LogP contribution < -0.4 is 5.73 Å². The average Bonchev–Trinajstić information content (AvgIpc) is 2.39. The van der Waals surface area contributed by atoms with Gasteiger partial charge in [-0.1, -0.05) is 37.6 Å². The van der Waals surface area contributed by atoms with Gasteiger partial charge in [0, 0.05) is 24.2 Å². The van der Waals surface area contributed by atoms with Crippen LogP contribution in [-0.2, 0) is 0 Å². The Balaban J connectivity index is 2.17. The fourth-order valence-electron chi connectivity index (χ4n) is 2.89. The number of likely N-dealkylation sites (tertiary alicyclic amines) is 1. The molecule has 0 saturated carbocycles. The summed E-state index contributed by atoms with van der Waals surface area (Å²) in [5.74, 6) is 1.56. The van der Waals surface area contributed by atoms with Crippen molar-refractivity contribution in [2.45, 2.75) is 33.2 Å². The molecule has 1 saturated heterocycles. The summed E-state index contributed by atoms with van der Waals surface area (Å²) in [6.45, 7) is 9.65. The Bertz CT molecular complexity index is 433. The Labute approximate surface area is 121 Å². The van der Waals surface area contributed by atoms with Crippen molar-refractivity contribution < 1.29 is 0 Å². The number of nitrogens with two attached hydrogens (primary N) is 1. The highest BCUT2D eigenvalue weighted by molar-refractivity contribution is 6.31. The van der Waals surface area contributed by atoms with Gasteiger partial charge >= 0.3 is 0 Å². The number of nitrogens with zero attached hydrogens (tertiary/aromatic N) is 1. The van der Waals surface area contributed by atoms with Crippen LogP contribution in [-0.4, -0.2) is 24.5 Å². The van der Waals surface area contributed by atoms with Crippen molar-refractivity contribution in [3.05, 3.63) is 34.3 Å². The highest BCUT2D eigenvalue weighted by Crippen LogP contribution is 2.30. The summed E-state index contributed by atoms with van der Waals surface area (Å²) in [6.07, 6.45) is 1.26. The number of aryl methyl sites for hydroxylation is 1. The fourth-order valence-corrected chi connectivity index (χ4v) is 3.08. The molecule has 3 atom stereocenters. The fraction of sp³-hybridized carbons (Fsp3) is 0.625. The summed E-state index contributed by atoms with van der Waals surface area (Å²) >= 11 is 6.25. The molecular weight excluding hydrogens is 256 g/mol. The number of piperidine rings is 1. The van der Waals surface area contributed by atoms with E-state index in [9.17, 15) is 0 Å². The Hall–Kier alpha value is -0.570. The third-order valence-electron chi connectivity index (χ3n) is 4.61. The lowest BCUT2D eigenvalue weighted by atomic mass is 9.87. The molecule has 0 bridgehead atoms. The standard InChI is InChI=1S/C16H25ClN2/c1-11-6-7-19(10-13(11)3)16(9-18)14-5-4-12(2)15(17)8-14/h4-5,8,11,13,16H,6-7,9-10,18H2,1-3H3. The second-order valence-corrected chi connectivity index (χ2v) is 6.41. The van der Waals surface area contributed by atoms with E-state index in [0.717, 1.165) is 35.5 Å². The van der Waals surface area contributed by atoms with Crippen LogP contribution in [0.3, 0.4) is 0 Å². The average molecular weight is 281 g/mol. The minimum atomic E-state index is 0.299. The molecule has 0 radical (unpaired) electrons. The van der Waals surface area contributed by atoms with Crippen molar-refractivity contribution in [3.63, 3.8) is 0 Å². The first-order valence-electron chi connectivity index (χ1n) is 7.23. The molecule has 19 heavy (non-hydrogen) atoms. The van der Waals surface area contributed by atoms with Crippen molar-refractivity contribution in [2.75, 3.05) is 19.6 Å². The lowest BCUT2D eigenvalue weighted by Gasteiger charge is -2.40. The molecule has 0 aromatic heterocycles. The molecule has 2 N–H and O–H groups in total. The summed E-state index contributed by atoms with van der Waals surface area (Å²) in [7, 11) is 0. The van der Waals surface area contributed by atoms with Gasteiger partial charge in [-0.3, -0.25) is 4.90 Å². The second-order valence-electron chi connectivity index (χ2n) is 6.00. The molecule has 1 aromatic carbocycles. The minimum Gasteiger partial charge on any atom is -0.329 e. The van der Waals surface area contributed by atoms with Crippen molar-refractivity contribution in [1.29, 1.82) is 0 Å². The summed E-state index contributed by atoms with van der Waals surface area (Å²) in [5, 5.41) is 0.842. The van der Waals surface area contributed by atoms with Gasteiger partial charge in [0.05, 0.1) is 0 Å². The molecule has 0 amide bonds. The number of halogens is 1. The number of rotatable bonds is 3. The molecule has 2 nitrogen and oxygen atoms in total. The van der Waals surface area contributed by atoms with Gasteiger partial charge in [0.2, 0.25) is 0 Å². The van der Waals surface area contributed by atoms with Gasteiger partial charge < -0.3 is 5.73 Å². The zero-order valence-electron chi connectivity index (χ0n) is 12.2. The lowest BCUT2D eigenvalue weighted by Crippen LogP contribution is -2.43. The van der Waals surface area contributed by atoms with Crippen LogP contribution >= 0.6 is 11.6 Å². The van der Waals surface area contributed by atoms with Crippen LogP contribution in [0.4, 0.5) is 0 Å². The van der Waals surface area contributed by atoms with Gasteiger partial charge in [-0.15, -0.1) is 0 Å². The molecule has 106 valence electrons. The van der Waals surface area contributed by atoms with E-state index in [4.69, 9.17) is 17.3 Å². The van der Waals surface area contributed by atoms with Crippen LogP contribution in [0.1, 0.15) is 37.4 Å². The first kappa shape index (κ1) is 14.8. The molecule has 1 heterocycles. The number of hydrogen-bond acceptors (Lipinski definition) is 2. The smallest absolute Gasteiger partial charge is 0.0471 e. The Morgan fingerprint density at radius 1 is 1.37 bits per heavy atom. The summed E-state index contributed by atoms with van der Waals surface area (Å²) in [4.78, 5) is 2.52. The van der Waals surface area contributed by atoms with Crippen LogP contribution in [0.5, 0.6) is 0 Å². The SMILES string of the molecule is Cc1ccc(C(CN)N2CCC(C)C(C)C2)cc1Cl. The first-order valence-corrected chi connectivity index (χ1v) is 7.61. The van der Waals surface area contributed by atoms with Gasteiger partial charge in [-0.2, -0.15) is 0 Å². The quantitative estimate of drug-likeness (QED) is 0.916. The van der Waals surface area contributed by atoms with Gasteiger partial charge in [0.1, 0.15) is 0 Å². The van der Waals surface area contributed by atoms with E-state index in [1.165, 1.54) is 12.0 Å². The van der Waals surface area contributed by atoms with E-state index in [2.05, 4.69) is 36.9 Å². The highest BCUT2D eigenvalue weighted by atomic mass is 35.5. The Morgan fingerprint density at radius 3 is 2.68 bits per heavy atom. The number of benzene rings is 1. The highest BCUT2D eigenvalue weighted by Gasteiger charge is 2.28. The van der Waals surface area contributed by atoms with E-state index in [1.807, 2.05) is 6.92 Å². The zero-order chi connectivity index (χ0) is 14.0. The van der Waals surface area contributed by atoms with E-state index < -0.39 is 0 Å². The van der Waals surface area contributed by atoms with Crippen LogP contribution in [0.25, 0.3) is 0 Å². The van der Waals surface area contributed by atoms with Crippen molar-refractivity contribution in [3.8, 4) is 0 Å². The van der Waals surface area contributed by atoms with E-state index in [1.54, 1.807) is 0 Å². The van der Waals surface area contributed by atoms with E-state index >= 15 is 0 Å². The van der Waals surface area contributed by atoms with Crippen molar-refractivity contribution >= 4 is 11.6 Å². The van der Waals surface area contributed by atoms with Crippen LogP contribution in [0.15, 0.2) is 18.2 Å².